The van der Waals surface area contributed by atoms with Crippen LogP contribution in [-0.2, 0) is 23.9 Å². The van der Waals surface area contributed by atoms with E-state index >= 15 is 0 Å². The van der Waals surface area contributed by atoms with Crippen molar-refractivity contribution in [2.75, 3.05) is 14.2 Å². The van der Waals surface area contributed by atoms with Crippen LogP contribution >= 0.6 is 0 Å². The SMILES string of the molecule is COC(=O)C1(C(=O)OC)CC2=CC(=O)C3CCCC23C1. The summed E-state index contributed by atoms with van der Waals surface area (Å²) in [5, 5.41) is 0. The minimum absolute atomic E-state index is 0.0614. The summed E-state index contributed by atoms with van der Waals surface area (Å²) in [7, 11) is 2.56. The zero-order valence-electron chi connectivity index (χ0n) is 11.7. The quantitative estimate of drug-likeness (QED) is 0.564. The van der Waals surface area contributed by atoms with Crippen molar-refractivity contribution in [3.63, 3.8) is 0 Å². The molecule has 0 aromatic carbocycles. The van der Waals surface area contributed by atoms with Crippen molar-refractivity contribution < 1.29 is 23.9 Å². The second kappa shape index (κ2) is 4.17. The van der Waals surface area contributed by atoms with E-state index in [1.807, 2.05) is 0 Å². The van der Waals surface area contributed by atoms with Gasteiger partial charge in [-0.1, -0.05) is 12.0 Å². The lowest BCUT2D eigenvalue weighted by molar-refractivity contribution is -0.169. The smallest absolute Gasteiger partial charge is 0.323 e. The molecule has 2 unspecified atom stereocenters. The molecule has 2 fully saturated rings. The van der Waals surface area contributed by atoms with Crippen LogP contribution in [-0.4, -0.2) is 31.9 Å². The Bertz CT molecular complexity index is 516. The highest BCUT2D eigenvalue weighted by Gasteiger charge is 2.66. The molecule has 0 bridgehead atoms. The van der Waals surface area contributed by atoms with Crippen LogP contribution in [0.15, 0.2) is 11.6 Å². The molecule has 0 radical (unpaired) electrons. The molecule has 0 aromatic rings. The van der Waals surface area contributed by atoms with Crippen LogP contribution in [0.5, 0.6) is 0 Å². The number of allylic oxidation sites excluding steroid dienone is 2. The van der Waals surface area contributed by atoms with Crippen molar-refractivity contribution in [1.29, 1.82) is 0 Å². The third kappa shape index (κ3) is 1.41. The van der Waals surface area contributed by atoms with Gasteiger partial charge in [-0.25, -0.2) is 0 Å². The molecule has 2 atom stereocenters. The van der Waals surface area contributed by atoms with Crippen molar-refractivity contribution in [3.05, 3.63) is 11.6 Å². The highest BCUT2D eigenvalue weighted by atomic mass is 16.5. The molecule has 0 N–H and O–H groups in total. The largest absolute Gasteiger partial charge is 0.468 e. The third-order valence-electron chi connectivity index (χ3n) is 5.34. The standard InChI is InChI=1S/C15H18O5/c1-19-12(17)15(13(18)20-2)7-9-6-11(16)10-4-3-5-14(9,10)8-15/h6,10H,3-5,7-8H2,1-2H3. The van der Waals surface area contributed by atoms with Crippen molar-refractivity contribution in [2.45, 2.75) is 32.1 Å². The van der Waals surface area contributed by atoms with Crippen LogP contribution in [0.2, 0.25) is 0 Å². The molecule has 1 spiro atoms. The number of hydrogen-bond acceptors (Lipinski definition) is 5. The van der Waals surface area contributed by atoms with Gasteiger partial charge in [0.05, 0.1) is 14.2 Å². The Morgan fingerprint density at radius 1 is 1.25 bits per heavy atom. The molecule has 108 valence electrons. The maximum atomic E-state index is 12.2. The fourth-order valence-electron chi connectivity index (χ4n) is 4.53. The number of rotatable bonds is 2. The Labute approximate surface area is 117 Å². The first kappa shape index (κ1) is 13.3. The number of ketones is 1. The Balaban J connectivity index is 2.06. The summed E-state index contributed by atoms with van der Waals surface area (Å²) < 4.78 is 9.69. The molecule has 3 rings (SSSR count). The summed E-state index contributed by atoms with van der Waals surface area (Å²) >= 11 is 0. The number of carbonyl (C=O) groups excluding carboxylic acids is 3. The summed E-state index contributed by atoms with van der Waals surface area (Å²) in [6.07, 6.45) is 4.93. The Morgan fingerprint density at radius 2 is 1.90 bits per heavy atom. The van der Waals surface area contributed by atoms with Crippen molar-refractivity contribution in [1.82, 2.24) is 0 Å². The van der Waals surface area contributed by atoms with Crippen LogP contribution < -0.4 is 0 Å². The molecule has 0 saturated heterocycles. The minimum Gasteiger partial charge on any atom is -0.468 e. The van der Waals surface area contributed by atoms with E-state index in [0.29, 0.717) is 6.42 Å². The zero-order chi connectivity index (χ0) is 14.5. The van der Waals surface area contributed by atoms with E-state index in [4.69, 9.17) is 9.47 Å². The first-order valence-corrected chi connectivity index (χ1v) is 6.92. The monoisotopic (exact) mass is 278 g/mol. The second-order valence-corrected chi connectivity index (χ2v) is 6.09. The van der Waals surface area contributed by atoms with Gasteiger partial charge in [-0.15, -0.1) is 0 Å². The summed E-state index contributed by atoms with van der Waals surface area (Å²) in [4.78, 5) is 36.4. The van der Waals surface area contributed by atoms with Crippen LogP contribution in [0.25, 0.3) is 0 Å². The number of hydrogen-bond donors (Lipinski definition) is 0. The van der Waals surface area contributed by atoms with Gasteiger partial charge in [-0.2, -0.15) is 0 Å². The van der Waals surface area contributed by atoms with E-state index in [1.165, 1.54) is 14.2 Å². The van der Waals surface area contributed by atoms with Crippen molar-refractivity contribution >= 4 is 17.7 Å². The summed E-state index contributed by atoms with van der Waals surface area (Å²) in [6.45, 7) is 0. The van der Waals surface area contributed by atoms with E-state index in [0.717, 1.165) is 24.8 Å². The van der Waals surface area contributed by atoms with Crippen molar-refractivity contribution in [2.24, 2.45) is 16.7 Å². The Hall–Kier alpha value is -1.65. The molecule has 3 aliphatic carbocycles. The Kier molecular flexibility index (Phi) is 2.78. The highest BCUT2D eigenvalue weighted by Crippen LogP contribution is 2.66. The van der Waals surface area contributed by atoms with Gasteiger partial charge in [0.25, 0.3) is 0 Å². The predicted molar refractivity (Wildman–Crippen MR) is 68.6 cm³/mol. The lowest BCUT2D eigenvalue weighted by atomic mass is 9.73. The predicted octanol–water partition coefficient (Wildman–Crippen LogP) is 1.41. The van der Waals surface area contributed by atoms with Gasteiger partial charge < -0.3 is 9.47 Å². The number of esters is 2. The third-order valence-corrected chi connectivity index (χ3v) is 5.34. The molecule has 0 aromatic heterocycles. The molecule has 0 amide bonds. The van der Waals surface area contributed by atoms with Gasteiger partial charge in [0, 0.05) is 11.3 Å². The maximum absolute atomic E-state index is 12.2. The zero-order valence-corrected chi connectivity index (χ0v) is 11.7. The molecule has 2 saturated carbocycles. The molecule has 0 heterocycles. The van der Waals surface area contributed by atoms with E-state index in [9.17, 15) is 14.4 Å². The Morgan fingerprint density at radius 3 is 2.50 bits per heavy atom. The second-order valence-electron chi connectivity index (χ2n) is 6.09. The summed E-state index contributed by atoms with van der Waals surface area (Å²) in [6, 6.07) is 0. The normalized spacial score (nSPS) is 33.4. The molecule has 3 aliphatic rings. The summed E-state index contributed by atoms with van der Waals surface area (Å²) in [5.74, 6) is -1.01. The van der Waals surface area contributed by atoms with Gasteiger partial charge in [0.1, 0.15) is 0 Å². The summed E-state index contributed by atoms with van der Waals surface area (Å²) in [5.41, 5.74) is -0.626. The molecular formula is C15H18O5. The molecule has 5 nitrogen and oxygen atoms in total. The first-order valence-electron chi connectivity index (χ1n) is 6.92. The van der Waals surface area contributed by atoms with Crippen molar-refractivity contribution in [3.8, 4) is 0 Å². The lowest BCUT2D eigenvalue weighted by Gasteiger charge is -2.29. The van der Waals surface area contributed by atoms with Crippen LogP contribution in [0.3, 0.4) is 0 Å². The average Bonchev–Trinajstić information content (AvgIpc) is 3.06. The lowest BCUT2D eigenvalue weighted by Crippen LogP contribution is -2.41. The number of methoxy groups -OCH3 is 2. The minimum atomic E-state index is -1.27. The van der Waals surface area contributed by atoms with Gasteiger partial charge in [-0.05, 0) is 31.8 Å². The van der Waals surface area contributed by atoms with E-state index in [2.05, 4.69) is 0 Å². The maximum Gasteiger partial charge on any atom is 0.323 e. The topological polar surface area (TPSA) is 69.7 Å². The molecule has 5 heteroatoms. The van der Waals surface area contributed by atoms with Gasteiger partial charge in [0.2, 0.25) is 0 Å². The molecule has 0 aliphatic heterocycles. The van der Waals surface area contributed by atoms with Gasteiger partial charge >= 0.3 is 11.9 Å². The number of ether oxygens (including phenoxy) is 2. The van der Waals surface area contributed by atoms with Gasteiger partial charge in [-0.3, -0.25) is 14.4 Å². The number of carbonyl (C=O) groups is 3. The fraction of sp³-hybridized carbons (Fsp3) is 0.667. The van der Waals surface area contributed by atoms with Crippen LogP contribution in [0, 0.1) is 16.7 Å². The van der Waals surface area contributed by atoms with Gasteiger partial charge in [0.15, 0.2) is 11.2 Å². The average molecular weight is 278 g/mol. The fourth-order valence-corrected chi connectivity index (χ4v) is 4.53. The van der Waals surface area contributed by atoms with E-state index < -0.39 is 17.4 Å². The van der Waals surface area contributed by atoms with Crippen LogP contribution in [0.1, 0.15) is 32.1 Å². The highest BCUT2D eigenvalue weighted by molar-refractivity contribution is 6.04. The molecule has 20 heavy (non-hydrogen) atoms. The van der Waals surface area contributed by atoms with E-state index in [-0.39, 0.29) is 23.5 Å². The first-order chi connectivity index (χ1) is 9.50. The van der Waals surface area contributed by atoms with E-state index in [1.54, 1.807) is 6.08 Å². The van der Waals surface area contributed by atoms with Crippen LogP contribution in [0.4, 0.5) is 0 Å². The molecular weight excluding hydrogens is 260 g/mol.